The van der Waals surface area contributed by atoms with Crippen molar-refractivity contribution in [1.29, 1.82) is 0 Å². The van der Waals surface area contributed by atoms with Crippen LogP contribution in [0.3, 0.4) is 0 Å². The Labute approximate surface area is 125 Å². The SMILES string of the molecule is Cl.Clc1ccc(CC2CCNCC2)c2ccccc12. The predicted octanol–water partition coefficient (Wildman–Crippen LogP) is 4.46. The number of hydrogen-bond acceptors (Lipinski definition) is 1. The molecule has 3 heteroatoms. The van der Waals surface area contributed by atoms with Crippen molar-refractivity contribution in [2.75, 3.05) is 13.1 Å². The van der Waals surface area contributed by atoms with Gasteiger partial charge in [-0.15, -0.1) is 12.4 Å². The van der Waals surface area contributed by atoms with Crippen molar-refractivity contribution in [3.8, 4) is 0 Å². The molecule has 1 heterocycles. The van der Waals surface area contributed by atoms with Gasteiger partial charge in [-0.1, -0.05) is 41.9 Å². The van der Waals surface area contributed by atoms with Crippen molar-refractivity contribution < 1.29 is 0 Å². The largest absolute Gasteiger partial charge is 0.317 e. The van der Waals surface area contributed by atoms with Crippen molar-refractivity contribution in [3.05, 3.63) is 47.0 Å². The lowest BCUT2D eigenvalue weighted by atomic mass is 9.89. The van der Waals surface area contributed by atoms with E-state index in [1.807, 2.05) is 6.07 Å². The summed E-state index contributed by atoms with van der Waals surface area (Å²) >= 11 is 6.26. The molecule has 102 valence electrons. The third kappa shape index (κ3) is 3.22. The maximum absolute atomic E-state index is 6.26. The lowest BCUT2D eigenvalue weighted by Gasteiger charge is -2.23. The minimum absolute atomic E-state index is 0. The Morgan fingerprint density at radius 3 is 2.42 bits per heavy atom. The van der Waals surface area contributed by atoms with Gasteiger partial charge in [0.2, 0.25) is 0 Å². The zero-order chi connectivity index (χ0) is 12.4. The van der Waals surface area contributed by atoms with Crippen molar-refractivity contribution >= 4 is 34.8 Å². The second-order valence-electron chi connectivity index (χ2n) is 5.15. The summed E-state index contributed by atoms with van der Waals surface area (Å²) in [5.74, 6) is 0.816. The fourth-order valence-electron chi connectivity index (χ4n) is 2.90. The smallest absolute Gasteiger partial charge is 0.0484 e. The van der Waals surface area contributed by atoms with E-state index < -0.39 is 0 Å². The Morgan fingerprint density at radius 2 is 1.68 bits per heavy atom. The summed E-state index contributed by atoms with van der Waals surface area (Å²) in [5, 5.41) is 6.79. The third-order valence-corrected chi connectivity index (χ3v) is 4.26. The first-order chi connectivity index (χ1) is 8.84. The summed E-state index contributed by atoms with van der Waals surface area (Å²) in [7, 11) is 0. The highest BCUT2D eigenvalue weighted by molar-refractivity contribution is 6.35. The molecule has 0 radical (unpaired) electrons. The van der Waals surface area contributed by atoms with Crippen LogP contribution in [0.25, 0.3) is 10.8 Å². The molecule has 0 bridgehead atoms. The van der Waals surface area contributed by atoms with E-state index in [1.54, 1.807) is 0 Å². The van der Waals surface area contributed by atoms with Crippen LogP contribution in [0.1, 0.15) is 18.4 Å². The zero-order valence-electron chi connectivity index (χ0n) is 10.9. The molecule has 1 fully saturated rings. The topological polar surface area (TPSA) is 12.0 Å². The molecule has 1 N–H and O–H groups in total. The normalized spacial score (nSPS) is 16.3. The first kappa shape index (κ1) is 14.6. The quantitative estimate of drug-likeness (QED) is 0.863. The monoisotopic (exact) mass is 295 g/mol. The van der Waals surface area contributed by atoms with Gasteiger partial charge in [0.25, 0.3) is 0 Å². The highest BCUT2D eigenvalue weighted by Gasteiger charge is 2.15. The summed E-state index contributed by atoms with van der Waals surface area (Å²) in [4.78, 5) is 0. The van der Waals surface area contributed by atoms with Gasteiger partial charge in [-0.2, -0.15) is 0 Å². The van der Waals surface area contributed by atoms with Gasteiger partial charge in [0.1, 0.15) is 0 Å². The van der Waals surface area contributed by atoms with Gasteiger partial charge < -0.3 is 5.32 Å². The van der Waals surface area contributed by atoms with Crippen LogP contribution in [0.5, 0.6) is 0 Å². The van der Waals surface area contributed by atoms with Crippen molar-refractivity contribution in [1.82, 2.24) is 5.32 Å². The van der Waals surface area contributed by atoms with E-state index in [-0.39, 0.29) is 12.4 Å². The summed E-state index contributed by atoms with van der Waals surface area (Å²) in [5.41, 5.74) is 1.45. The van der Waals surface area contributed by atoms with Crippen LogP contribution in [0.2, 0.25) is 5.02 Å². The van der Waals surface area contributed by atoms with E-state index in [2.05, 4.69) is 35.6 Å². The number of fused-ring (bicyclic) bond motifs is 1. The van der Waals surface area contributed by atoms with Crippen molar-refractivity contribution in [2.24, 2.45) is 5.92 Å². The van der Waals surface area contributed by atoms with Crippen LogP contribution < -0.4 is 5.32 Å². The number of rotatable bonds is 2. The Morgan fingerprint density at radius 1 is 1.00 bits per heavy atom. The molecule has 0 atom stereocenters. The molecule has 0 aliphatic carbocycles. The van der Waals surface area contributed by atoms with E-state index in [0.717, 1.165) is 24.0 Å². The summed E-state index contributed by atoms with van der Waals surface area (Å²) in [6.45, 7) is 2.33. The molecule has 0 amide bonds. The second-order valence-corrected chi connectivity index (χ2v) is 5.56. The van der Waals surface area contributed by atoms with Crippen LogP contribution in [0.4, 0.5) is 0 Å². The minimum atomic E-state index is 0. The average molecular weight is 296 g/mol. The summed E-state index contributed by atoms with van der Waals surface area (Å²) in [6, 6.07) is 12.7. The summed E-state index contributed by atoms with van der Waals surface area (Å²) < 4.78 is 0. The van der Waals surface area contributed by atoms with Gasteiger partial charge in [0.05, 0.1) is 0 Å². The Kier molecular flexibility index (Phi) is 5.09. The van der Waals surface area contributed by atoms with Crippen molar-refractivity contribution in [2.45, 2.75) is 19.3 Å². The first-order valence-electron chi connectivity index (χ1n) is 6.71. The fraction of sp³-hybridized carbons (Fsp3) is 0.375. The average Bonchev–Trinajstić information content (AvgIpc) is 2.44. The number of halogens is 2. The highest BCUT2D eigenvalue weighted by atomic mass is 35.5. The molecular formula is C16H19Cl2N. The molecule has 1 nitrogen and oxygen atoms in total. The van der Waals surface area contributed by atoms with E-state index in [1.165, 1.54) is 35.6 Å². The van der Waals surface area contributed by atoms with Gasteiger partial charge >= 0.3 is 0 Å². The number of piperidine rings is 1. The van der Waals surface area contributed by atoms with Gasteiger partial charge in [-0.3, -0.25) is 0 Å². The molecular weight excluding hydrogens is 277 g/mol. The number of nitrogens with one attached hydrogen (secondary N) is 1. The lowest BCUT2D eigenvalue weighted by molar-refractivity contribution is 0.373. The standard InChI is InChI=1S/C16H18ClN.ClH/c17-16-6-5-13(11-12-7-9-18-10-8-12)14-3-1-2-4-15(14)16;/h1-6,12,18H,7-11H2;1H. The highest BCUT2D eigenvalue weighted by Crippen LogP contribution is 2.29. The Bertz CT molecular complexity index is 547. The molecule has 0 unspecified atom stereocenters. The molecule has 19 heavy (non-hydrogen) atoms. The minimum Gasteiger partial charge on any atom is -0.317 e. The van der Waals surface area contributed by atoms with Crippen LogP contribution >= 0.6 is 24.0 Å². The van der Waals surface area contributed by atoms with Crippen molar-refractivity contribution in [3.63, 3.8) is 0 Å². The van der Waals surface area contributed by atoms with Gasteiger partial charge in [-0.25, -0.2) is 0 Å². The van der Waals surface area contributed by atoms with Crippen LogP contribution in [0.15, 0.2) is 36.4 Å². The predicted molar refractivity (Wildman–Crippen MR) is 85.5 cm³/mol. The number of benzene rings is 2. The maximum atomic E-state index is 6.26. The van der Waals surface area contributed by atoms with Gasteiger partial charge in [0.15, 0.2) is 0 Å². The molecule has 0 saturated carbocycles. The molecule has 0 spiro atoms. The van der Waals surface area contributed by atoms with Crippen LogP contribution in [-0.2, 0) is 6.42 Å². The molecule has 3 rings (SSSR count). The first-order valence-corrected chi connectivity index (χ1v) is 7.09. The van der Waals surface area contributed by atoms with E-state index in [0.29, 0.717) is 0 Å². The Hall–Kier alpha value is -0.760. The number of hydrogen-bond donors (Lipinski definition) is 1. The van der Waals surface area contributed by atoms with Crippen LogP contribution in [-0.4, -0.2) is 13.1 Å². The molecule has 1 saturated heterocycles. The summed E-state index contributed by atoms with van der Waals surface area (Å²) in [6.07, 6.45) is 3.76. The zero-order valence-corrected chi connectivity index (χ0v) is 12.4. The lowest BCUT2D eigenvalue weighted by Crippen LogP contribution is -2.28. The fourth-order valence-corrected chi connectivity index (χ4v) is 3.13. The third-order valence-electron chi connectivity index (χ3n) is 3.93. The maximum Gasteiger partial charge on any atom is 0.0484 e. The van der Waals surface area contributed by atoms with E-state index in [4.69, 9.17) is 11.6 Å². The molecule has 1 aliphatic heterocycles. The van der Waals surface area contributed by atoms with Crippen LogP contribution in [0, 0.1) is 5.92 Å². The van der Waals surface area contributed by atoms with Gasteiger partial charge in [0, 0.05) is 10.4 Å². The molecule has 1 aliphatic rings. The van der Waals surface area contributed by atoms with E-state index in [9.17, 15) is 0 Å². The second kappa shape index (κ2) is 6.60. The van der Waals surface area contributed by atoms with Gasteiger partial charge in [-0.05, 0) is 55.3 Å². The molecule has 2 aromatic carbocycles. The van der Waals surface area contributed by atoms with E-state index >= 15 is 0 Å². The molecule has 2 aromatic rings. The molecule has 0 aromatic heterocycles. The Balaban J connectivity index is 0.00000133.